The molecule has 0 aliphatic carbocycles. The van der Waals surface area contributed by atoms with E-state index < -0.39 is 11.5 Å². The van der Waals surface area contributed by atoms with Crippen LogP contribution in [0.3, 0.4) is 0 Å². The highest BCUT2D eigenvalue weighted by molar-refractivity contribution is 6.10. The lowest BCUT2D eigenvalue weighted by Crippen LogP contribution is -2.36. The highest BCUT2D eigenvalue weighted by Gasteiger charge is 2.47. The summed E-state index contributed by atoms with van der Waals surface area (Å²) in [5.74, 6) is -0.0524. The van der Waals surface area contributed by atoms with Gasteiger partial charge in [-0.1, -0.05) is 18.2 Å². The van der Waals surface area contributed by atoms with E-state index >= 15 is 0 Å². The van der Waals surface area contributed by atoms with Crippen LogP contribution in [0.2, 0.25) is 0 Å². The van der Waals surface area contributed by atoms with Gasteiger partial charge in [0.1, 0.15) is 0 Å². The number of ether oxygens (including phenoxy) is 2. The van der Waals surface area contributed by atoms with E-state index in [-0.39, 0.29) is 12.2 Å². The Labute approximate surface area is 145 Å². The lowest BCUT2D eigenvalue weighted by atomic mass is 9.87. The smallest absolute Gasteiger partial charge is 0.261 e. The highest BCUT2D eigenvalue weighted by Crippen LogP contribution is 2.41. The molecule has 3 rings (SSSR count). The van der Waals surface area contributed by atoms with Crippen molar-refractivity contribution in [2.75, 3.05) is 19.5 Å². The molecule has 6 heteroatoms. The van der Waals surface area contributed by atoms with Crippen LogP contribution in [-0.4, -0.2) is 31.0 Å². The van der Waals surface area contributed by atoms with Gasteiger partial charge in [-0.15, -0.1) is 0 Å². The number of hydrogen-bond donors (Lipinski definition) is 2. The summed E-state index contributed by atoms with van der Waals surface area (Å²) in [5, 5.41) is 13.6. The van der Waals surface area contributed by atoms with Crippen LogP contribution in [0.15, 0.2) is 36.4 Å². The molecule has 1 aliphatic rings. The number of Topliss-reactive ketones (excluding diaryl/α,β-unsaturated/α-hetero) is 1. The Morgan fingerprint density at radius 1 is 1.16 bits per heavy atom. The van der Waals surface area contributed by atoms with E-state index in [1.807, 2.05) is 13.0 Å². The minimum atomic E-state index is -1.88. The Kier molecular flexibility index (Phi) is 4.22. The average Bonchev–Trinajstić information content (AvgIpc) is 2.86. The lowest BCUT2D eigenvalue weighted by molar-refractivity contribution is -0.133. The number of rotatable bonds is 5. The Bertz CT molecular complexity index is 861. The van der Waals surface area contributed by atoms with Crippen molar-refractivity contribution in [1.29, 1.82) is 0 Å². The molecular weight excluding hydrogens is 322 g/mol. The second-order valence-corrected chi connectivity index (χ2v) is 5.98. The number of amides is 1. The number of fused-ring (bicyclic) bond motifs is 1. The number of anilines is 1. The van der Waals surface area contributed by atoms with E-state index in [1.54, 1.807) is 24.3 Å². The Morgan fingerprint density at radius 3 is 2.56 bits per heavy atom. The van der Waals surface area contributed by atoms with E-state index in [0.29, 0.717) is 28.3 Å². The van der Waals surface area contributed by atoms with Crippen molar-refractivity contribution in [1.82, 2.24) is 0 Å². The van der Waals surface area contributed by atoms with E-state index in [0.717, 1.165) is 5.56 Å². The Balaban J connectivity index is 1.94. The fourth-order valence-corrected chi connectivity index (χ4v) is 3.04. The van der Waals surface area contributed by atoms with E-state index in [4.69, 9.17) is 9.47 Å². The van der Waals surface area contributed by atoms with E-state index in [2.05, 4.69) is 5.32 Å². The van der Waals surface area contributed by atoms with Gasteiger partial charge < -0.3 is 19.9 Å². The van der Waals surface area contributed by atoms with Crippen molar-refractivity contribution in [2.45, 2.75) is 18.9 Å². The molecule has 25 heavy (non-hydrogen) atoms. The molecule has 2 aromatic rings. The van der Waals surface area contributed by atoms with Gasteiger partial charge in [0.25, 0.3) is 5.91 Å². The summed E-state index contributed by atoms with van der Waals surface area (Å²) in [6, 6.07) is 9.97. The average molecular weight is 341 g/mol. The number of nitrogens with one attached hydrogen (secondary N) is 1. The molecule has 0 fully saturated rings. The van der Waals surface area contributed by atoms with Crippen LogP contribution < -0.4 is 14.8 Å². The molecule has 2 N–H and O–H groups in total. The minimum absolute atomic E-state index is 0.333. The first-order valence-electron chi connectivity index (χ1n) is 7.80. The molecule has 0 bridgehead atoms. The number of ketones is 1. The summed E-state index contributed by atoms with van der Waals surface area (Å²) in [5.41, 5.74) is 0.271. The summed E-state index contributed by atoms with van der Waals surface area (Å²) in [6.45, 7) is 1.83. The first kappa shape index (κ1) is 17.0. The summed E-state index contributed by atoms with van der Waals surface area (Å²) < 4.78 is 10.3. The standard InChI is InChI=1S/C19H19NO5/c1-11-5-4-6-13-17(11)20-18(22)19(13,23)10-14(21)12-7-8-15(24-2)16(9-12)25-3/h4-9,23H,10H2,1-3H3,(H,20,22)/t19-/m1/s1. The van der Waals surface area contributed by atoms with Crippen molar-refractivity contribution >= 4 is 17.4 Å². The lowest BCUT2D eigenvalue weighted by Gasteiger charge is -2.20. The molecule has 1 aliphatic heterocycles. The van der Waals surface area contributed by atoms with Gasteiger partial charge in [0.05, 0.1) is 26.3 Å². The fourth-order valence-electron chi connectivity index (χ4n) is 3.04. The maximum Gasteiger partial charge on any atom is 0.261 e. The molecular formula is C19H19NO5. The second kappa shape index (κ2) is 6.22. The third-order valence-corrected chi connectivity index (χ3v) is 4.45. The molecule has 0 radical (unpaired) electrons. The molecule has 130 valence electrons. The van der Waals surface area contributed by atoms with Gasteiger partial charge in [0.2, 0.25) is 0 Å². The van der Waals surface area contributed by atoms with E-state index in [9.17, 15) is 14.7 Å². The van der Waals surface area contributed by atoms with Gasteiger partial charge in [-0.3, -0.25) is 9.59 Å². The van der Waals surface area contributed by atoms with Crippen LogP contribution in [-0.2, 0) is 10.4 Å². The van der Waals surface area contributed by atoms with Crippen LogP contribution in [0, 0.1) is 6.92 Å². The number of methoxy groups -OCH3 is 2. The monoisotopic (exact) mass is 341 g/mol. The third-order valence-electron chi connectivity index (χ3n) is 4.45. The van der Waals surface area contributed by atoms with Gasteiger partial charge >= 0.3 is 0 Å². The van der Waals surface area contributed by atoms with Crippen LogP contribution in [0.1, 0.15) is 27.9 Å². The van der Waals surface area contributed by atoms with Gasteiger partial charge in [-0.2, -0.15) is 0 Å². The van der Waals surface area contributed by atoms with Crippen LogP contribution in [0.4, 0.5) is 5.69 Å². The fraction of sp³-hybridized carbons (Fsp3) is 0.263. The zero-order valence-electron chi connectivity index (χ0n) is 14.3. The summed E-state index contributed by atoms with van der Waals surface area (Å²) in [4.78, 5) is 25.0. The maximum absolute atomic E-state index is 12.7. The molecule has 0 saturated heterocycles. The first-order chi connectivity index (χ1) is 11.9. The van der Waals surface area contributed by atoms with Crippen molar-refractivity contribution in [3.63, 3.8) is 0 Å². The Hall–Kier alpha value is -2.86. The summed E-state index contributed by atoms with van der Waals surface area (Å²) in [6.07, 6.45) is -0.356. The van der Waals surface area contributed by atoms with E-state index in [1.165, 1.54) is 20.3 Å². The molecule has 0 saturated carbocycles. The maximum atomic E-state index is 12.7. The van der Waals surface area contributed by atoms with Gasteiger partial charge in [-0.25, -0.2) is 0 Å². The number of hydrogen-bond acceptors (Lipinski definition) is 5. The zero-order valence-corrected chi connectivity index (χ0v) is 14.3. The minimum Gasteiger partial charge on any atom is -0.493 e. The first-order valence-corrected chi connectivity index (χ1v) is 7.80. The van der Waals surface area contributed by atoms with Crippen LogP contribution in [0.5, 0.6) is 11.5 Å². The largest absolute Gasteiger partial charge is 0.493 e. The number of carbonyl (C=O) groups is 2. The summed E-state index contributed by atoms with van der Waals surface area (Å²) in [7, 11) is 2.98. The molecule has 0 spiro atoms. The quantitative estimate of drug-likeness (QED) is 0.816. The topological polar surface area (TPSA) is 84.9 Å². The van der Waals surface area contributed by atoms with Crippen LogP contribution >= 0.6 is 0 Å². The van der Waals surface area contributed by atoms with Crippen molar-refractivity contribution < 1.29 is 24.2 Å². The molecule has 1 atom stereocenters. The molecule has 2 aromatic carbocycles. The molecule has 1 amide bonds. The predicted octanol–water partition coefficient (Wildman–Crippen LogP) is 2.42. The number of carbonyl (C=O) groups excluding carboxylic acids is 2. The zero-order chi connectivity index (χ0) is 18.2. The SMILES string of the molecule is COc1ccc(C(=O)C[C@]2(O)C(=O)Nc3c(C)cccc32)cc1OC. The molecule has 0 aromatic heterocycles. The second-order valence-electron chi connectivity index (χ2n) is 5.98. The van der Waals surface area contributed by atoms with Gasteiger partial charge in [0.15, 0.2) is 22.9 Å². The number of aliphatic hydroxyl groups is 1. The van der Waals surface area contributed by atoms with Crippen LogP contribution in [0.25, 0.3) is 0 Å². The molecule has 1 heterocycles. The third kappa shape index (κ3) is 2.74. The number of para-hydroxylation sites is 1. The predicted molar refractivity (Wildman–Crippen MR) is 92.2 cm³/mol. The van der Waals surface area contributed by atoms with Crippen molar-refractivity contribution in [2.24, 2.45) is 0 Å². The van der Waals surface area contributed by atoms with Crippen molar-refractivity contribution in [3.05, 3.63) is 53.1 Å². The summed E-state index contributed by atoms with van der Waals surface area (Å²) >= 11 is 0. The molecule has 0 unspecified atom stereocenters. The van der Waals surface area contributed by atoms with Gasteiger partial charge in [0, 0.05) is 11.1 Å². The van der Waals surface area contributed by atoms with Crippen molar-refractivity contribution in [3.8, 4) is 11.5 Å². The highest BCUT2D eigenvalue weighted by atomic mass is 16.5. The Morgan fingerprint density at radius 2 is 1.88 bits per heavy atom. The number of benzene rings is 2. The molecule has 6 nitrogen and oxygen atoms in total. The van der Waals surface area contributed by atoms with Gasteiger partial charge in [-0.05, 0) is 30.7 Å². The normalized spacial score (nSPS) is 18.5. The number of aryl methyl sites for hydroxylation is 1.